The molecule has 343 valence electrons. The van der Waals surface area contributed by atoms with Crippen molar-refractivity contribution >= 4 is 43.5 Å². The molecule has 1 aliphatic carbocycles. The Hall–Kier alpha value is -6.26. The molecule has 0 saturated heterocycles. The number of nitrogens with zero attached hydrogens (tertiary/aromatic N) is 2. The van der Waals surface area contributed by atoms with E-state index in [2.05, 4.69) is 52.4 Å². The summed E-state index contributed by atoms with van der Waals surface area (Å²) in [5.74, 6) is -1.15. The number of aromatic nitrogens is 2. The van der Waals surface area contributed by atoms with Crippen LogP contribution in [-0.2, 0) is 26.5 Å². The van der Waals surface area contributed by atoms with E-state index in [1.165, 1.54) is 25.3 Å². The molecule has 1 fully saturated rings. The molecule has 68 heavy (non-hydrogen) atoms. The largest absolute Gasteiger partial charge is 0.500 e. The summed E-state index contributed by atoms with van der Waals surface area (Å²) in [6.07, 6.45) is 2.21. The SMILES string of the molecule is [2H]C([2H])([2H])c1c[c-]c(-c2ccc(C([2H])([2H])C(C)(C)C)cn2)cc1-c1ccccc1.[2H]C([2H])([2H])c1cnc(-c2[c-]ccc3c2oc2c3ccc3ccc4ccccc4c32)cc1-c1ccc(C2([2H])CCC(C)(F)CC2)cc1C([2H])([2H])[2H].[Ir]. The molecule has 1 aliphatic rings. The third-order valence-electron chi connectivity index (χ3n) is 12.7. The molecule has 0 N–H and O–H groups in total. The quantitative estimate of drug-likeness (QED) is 0.123. The van der Waals surface area contributed by atoms with Gasteiger partial charge in [-0.25, -0.2) is 4.39 Å². The van der Waals surface area contributed by atoms with E-state index in [1.54, 1.807) is 48.7 Å². The molecule has 1 saturated carbocycles. The number of rotatable bonds is 6. The fraction of sp³-hybridized carbons (Fsp3) is 0.238. The van der Waals surface area contributed by atoms with Crippen molar-refractivity contribution in [2.24, 2.45) is 5.41 Å². The Bertz CT molecular complexity index is 3930. The van der Waals surface area contributed by atoms with E-state index < -0.39 is 43.9 Å². The molecule has 0 aliphatic heterocycles. The minimum absolute atomic E-state index is 0. The van der Waals surface area contributed by atoms with Gasteiger partial charge in [-0.1, -0.05) is 159 Å². The number of fused-ring (bicyclic) bond motifs is 7. The average Bonchev–Trinajstić information content (AvgIpc) is 3.85. The van der Waals surface area contributed by atoms with Crippen molar-refractivity contribution in [3.05, 3.63) is 192 Å². The zero-order valence-electron chi connectivity index (χ0n) is 50.3. The molecule has 11 rings (SSSR count). The summed E-state index contributed by atoms with van der Waals surface area (Å²) >= 11 is 0. The van der Waals surface area contributed by atoms with E-state index >= 15 is 0 Å². The Kier molecular flexibility index (Phi) is 9.54. The summed E-state index contributed by atoms with van der Waals surface area (Å²) in [5.41, 5.74) is 4.41. The molecule has 0 unspecified atom stereocenters. The number of alkyl halides is 1. The molecule has 3 heterocycles. The van der Waals surface area contributed by atoms with E-state index in [0.29, 0.717) is 44.8 Å². The molecule has 3 aromatic heterocycles. The van der Waals surface area contributed by atoms with Crippen LogP contribution in [0.3, 0.4) is 0 Å². The third kappa shape index (κ3) is 9.57. The van der Waals surface area contributed by atoms with Crippen molar-refractivity contribution in [2.45, 2.75) is 91.9 Å². The molecule has 10 aromatic rings. The summed E-state index contributed by atoms with van der Waals surface area (Å²) in [4.78, 5) is 9.03. The van der Waals surface area contributed by atoms with E-state index in [-0.39, 0.29) is 73.6 Å². The molecule has 3 nitrogen and oxygen atoms in total. The van der Waals surface area contributed by atoms with Crippen LogP contribution in [0.2, 0.25) is 0 Å². The predicted octanol–water partition coefficient (Wildman–Crippen LogP) is 17.5. The van der Waals surface area contributed by atoms with Crippen molar-refractivity contribution in [3.8, 4) is 44.8 Å². The van der Waals surface area contributed by atoms with Gasteiger partial charge in [0, 0.05) is 59.7 Å². The van der Waals surface area contributed by atoms with Crippen molar-refractivity contribution < 1.29 is 45.4 Å². The van der Waals surface area contributed by atoms with Gasteiger partial charge in [-0.3, -0.25) is 0 Å². The zero-order valence-corrected chi connectivity index (χ0v) is 40.7. The molecule has 0 spiro atoms. The minimum Gasteiger partial charge on any atom is -0.500 e. The summed E-state index contributed by atoms with van der Waals surface area (Å²) in [7, 11) is 0. The maximum atomic E-state index is 14.7. The Morgan fingerprint density at radius 1 is 0.706 bits per heavy atom. The molecule has 1 radical (unpaired) electrons. The smallest absolute Gasteiger partial charge is 0.129 e. The van der Waals surface area contributed by atoms with Gasteiger partial charge in [0.15, 0.2) is 0 Å². The standard InChI is InChI=1S/C40H33FNO.C23H24N.Ir/c1-24-21-29(26-17-19-40(3,41)20-18-26)14-15-30(24)35-22-36(42-23-25(35)2)34-10-6-9-32-33-16-13-28-12-11-27-7-4-5-8-31(27)37(28)39(33)43-38(32)34;1-17-10-12-20(14-21(17)19-8-6-5-7-9-19)22-13-11-18(16-24-22)15-23(2,3)4;/h4-9,11-16,21-23,26H,17-20H2,1-3H3;5-11,13-14,16H,15H2,1-4H3;/q2*-1;/i1D3,2D3,26D;1D3,15D2;. The van der Waals surface area contributed by atoms with Gasteiger partial charge in [-0.05, 0) is 130 Å². The first-order valence-electron chi connectivity index (χ1n) is 28.7. The minimum atomic E-state index is -2.63. The Balaban J connectivity index is 0.000000221. The normalized spacial score (nSPS) is 20.6. The monoisotopic (exact) mass is 1080 g/mol. The number of hydrogen-bond donors (Lipinski definition) is 0. The second kappa shape index (κ2) is 19.0. The first kappa shape index (κ1) is 34.1. The van der Waals surface area contributed by atoms with Crippen molar-refractivity contribution in [1.29, 1.82) is 0 Å². The molecular weight excluding hydrogens is 1010 g/mol. The molecule has 5 heteroatoms. The summed E-state index contributed by atoms with van der Waals surface area (Å²) in [6.45, 7) is -0.382. The molecular formula is C63H57FIrN2O-2. The van der Waals surface area contributed by atoms with Crippen LogP contribution in [0.25, 0.3) is 88.3 Å². The number of benzene rings is 7. The summed E-state index contributed by atoms with van der Waals surface area (Å²) < 4.78 is 121. The van der Waals surface area contributed by atoms with E-state index in [9.17, 15) is 4.39 Å². The van der Waals surface area contributed by atoms with Crippen LogP contribution in [0, 0.1) is 38.1 Å². The second-order valence-electron chi connectivity index (χ2n) is 18.8. The maximum Gasteiger partial charge on any atom is 0.129 e. The van der Waals surface area contributed by atoms with E-state index in [4.69, 9.17) is 20.9 Å². The van der Waals surface area contributed by atoms with Crippen molar-refractivity contribution in [3.63, 3.8) is 0 Å². The van der Waals surface area contributed by atoms with Crippen LogP contribution in [0.5, 0.6) is 0 Å². The van der Waals surface area contributed by atoms with Gasteiger partial charge in [0.2, 0.25) is 0 Å². The fourth-order valence-corrected chi connectivity index (χ4v) is 9.21. The number of aryl methyl sites for hydroxylation is 3. The first-order valence-corrected chi connectivity index (χ1v) is 22.7. The van der Waals surface area contributed by atoms with Crippen LogP contribution in [0.4, 0.5) is 4.39 Å². The van der Waals surface area contributed by atoms with E-state index in [1.807, 2.05) is 75.4 Å². The topological polar surface area (TPSA) is 38.9 Å². The van der Waals surface area contributed by atoms with Crippen LogP contribution in [-0.4, -0.2) is 15.6 Å². The summed E-state index contributed by atoms with van der Waals surface area (Å²) in [6, 6.07) is 48.9. The van der Waals surface area contributed by atoms with Gasteiger partial charge in [-0.2, -0.15) is 0 Å². The zero-order chi connectivity index (χ0) is 56.7. The molecule has 7 aromatic carbocycles. The Labute approximate surface area is 431 Å². The van der Waals surface area contributed by atoms with Gasteiger partial charge in [0.1, 0.15) is 11.3 Å². The first-order chi connectivity index (χ1) is 37.0. The van der Waals surface area contributed by atoms with Gasteiger partial charge < -0.3 is 14.4 Å². The number of furan rings is 1. The third-order valence-corrected chi connectivity index (χ3v) is 12.7. The molecule has 0 amide bonds. The summed E-state index contributed by atoms with van der Waals surface area (Å²) in [5, 5.41) is 5.92. The number of hydrogen-bond acceptors (Lipinski definition) is 3. The average molecular weight is 1080 g/mol. The molecule has 0 atom stereocenters. The van der Waals surface area contributed by atoms with Crippen LogP contribution < -0.4 is 0 Å². The van der Waals surface area contributed by atoms with Gasteiger partial charge >= 0.3 is 0 Å². The second-order valence-corrected chi connectivity index (χ2v) is 18.8. The van der Waals surface area contributed by atoms with Crippen molar-refractivity contribution in [2.75, 3.05) is 0 Å². The van der Waals surface area contributed by atoms with Crippen LogP contribution >= 0.6 is 0 Å². The molecule has 0 bridgehead atoms. The van der Waals surface area contributed by atoms with Gasteiger partial charge in [0.25, 0.3) is 0 Å². The van der Waals surface area contributed by atoms with Crippen LogP contribution in [0.15, 0.2) is 156 Å². The number of pyridine rings is 2. The van der Waals surface area contributed by atoms with Crippen molar-refractivity contribution in [1.82, 2.24) is 9.97 Å². The van der Waals surface area contributed by atoms with Gasteiger partial charge in [-0.15, -0.1) is 47.5 Å². The predicted molar refractivity (Wildman–Crippen MR) is 278 cm³/mol. The van der Waals surface area contributed by atoms with Gasteiger partial charge in [0.05, 0.1) is 5.58 Å². The fourth-order valence-electron chi connectivity index (χ4n) is 9.21. The Morgan fingerprint density at radius 2 is 1.44 bits per heavy atom. The van der Waals surface area contributed by atoms with Crippen LogP contribution in [0.1, 0.15) is 104 Å². The maximum absolute atomic E-state index is 14.7. The van der Waals surface area contributed by atoms with E-state index in [0.717, 1.165) is 43.5 Å². The Morgan fingerprint density at radius 3 is 2.21 bits per heavy atom. The number of halogens is 1.